The molecular formula is C16H20N4O2. The van der Waals surface area contributed by atoms with E-state index in [1.165, 1.54) is 11.3 Å². The summed E-state index contributed by atoms with van der Waals surface area (Å²) < 4.78 is 7.34. The van der Waals surface area contributed by atoms with E-state index in [4.69, 9.17) is 4.74 Å². The van der Waals surface area contributed by atoms with E-state index < -0.39 is 0 Å². The predicted molar refractivity (Wildman–Crippen MR) is 83.8 cm³/mol. The van der Waals surface area contributed by atoms with Gasteiger partial charge in [0.2, 0.25) is 0 Å². The molecule has 0 radical (unpaired) electrons. The minimum Gasteiger partial charge on any atom is -0.376 e. The number of carbonyl (C=O) groups excluding carboxylic acids is 1. The summed E-state index contributed by atoms with van der Waals surface area (Å²) in [5.41, 5.74) is 4.32. The molecular weight excluding hydrogens is 280 g/mol. The van der Waals surface area contributed by atoms with Crippen LogP contribution in [0.2, 0.25) is 0 Å². The van der Waals surface area contributed by atoms with Crippen molar-refractivity contribution in [3.63, 3.8) is 0 Å². The fourth-order valence-corrected chi connectivity index (χ4v) is 2.49. The number of carbonyl (C=O) groups is 1. The van der Waals surface area contributed by atoms with Crippen LogP contribution in [0.1, 0.15) is 16.8 Å². The van der Waals surface area contributed by atoms with Crippen molar-refractivity contribution in [2.45, 2.75) is 26.5 Å². The van der Waals surface area contributed by atoms with Gasteiger partial charge in [0.15, 0.2) is 0 Å². The Labute approximate surface area is 129 Å². The summed E-state index contributed by atoms with van der Waals surface area (Å²) in [6.45, 7) is 4.58. The molecule has 0 fully saturated rings. The molecule has 1 aromatic heterocycles. The molecule has 0 atom stereocenters. The Morgan fingerprint density at radius 1 is 1.36 bits per heavy atom. The Morgan fingerprint density at radius 3 is 3.00 bits per heavy atom. The van der Waals surface area contributed by atoms with Crippen LogP contribution in [0.25, 0.3) is 0 Å². The van der Waals surface area contributed by atoms with Crippen LogP contribution < -0.4 is 10.6 Å². The molecule has 2 aromatic rings. The highest BCUT2D eigenvalue weighted by Gasteiger charge is 2.15. The van der Waals surface area contributed by atoms with Crippen LogP contribution >= 0.6 is 0 Å². The normalized spacial score (nSPS) is 13.5. The predicted octanol–water partition coefficient (Wildman–Crippen LogP) is 2.09. The largest absolute Gasteiger partial charge is 0.376 e. The van der Waals surface area contributed by atoms with Crippen LogP contribution in [-0.4, -0.2) is 29.0 Å². The molecule has 22 heavy (non-hydrogen) atoms. The highest BCUT2D eigenvalue weighted by atomic mass is 16.5. The number of nitrogens with one attached hydrogen (secondary N) is 2. The van der Waals surface area contributed by atoms with Gasteiger partial charge in [-0.2, -0.15) is 5.10 Å². The van der Waals surface area contributed by atoms with Crippen molar-refractivity contribution < 1.29 is 9.53 Å². The van der Waals surface area contributed by atoms with Crippen LogP contribution in [0.3, 0.4) is 0 Å². The Kier molecular flexibility index (Phi) is 4.39. The van der Waals surface area contributed by atoms with E-state index >= 15 is 0 Å². The fraction of sp³-hybridized carbons (Fsp3) is 0.375. The van der Waals surface area contributed by atoms with Crippen molar-refractivity contribution in [1.29, 1.82) is 0 Å². The molecule has 6 nitrogen and oxygen atoms in total. The minimum absolute atomic E-state index is 0.201. The summed E-state index contributed by atoms with van der Waals surface area (Å²) in [6.07, 6.45) is 2.73. The third-order valence-electron chi connectivity index (χ3n) is 3.69. The maximum Gasteiger partial charge on any atom is 0.319 e. The maximum absolute atomic E-state index is 11.8. The second-order valence-electron chi connectivity index (χ2n) is 5.39. The second-order valence-corrected chi connectivity index (χ2v) is 5.39. The highest BCUT2D eigenvalue weighted by Crippen LogP contribution is 2.15. The number of rotatable bonds is 4. The number of hydrogen-bond donors (Lipinski definition) is 2. The van der Waals surface area contributed by atoms with E-state index in [0.29, 0.717) is 19.7 Å². The molecule has 0 spiro atoms. The molecule has 0 aliphatic carbocycles. The number of hydrogen-bond acceptors (Lipinski definition) is 3. The summed E-state index contributed by atoms with van der Waals surface area (Å²) in [4.78, 5) is 11.8. The van der Waals surface area contributed by atoms with Crippen LogP contribution in [-0.2, 0) is 24.3 Å². The Bertz CT molecular complexity index is 649. The molecule has 1 aliphatic rings. The van der Waals surface area contributed by atoms with Gasteiger partial charge in [0.25, 0.3) is 0 Å². The maximum atomic E-state index is 11.8. The van der Waals surface area contributed by atoms with Gasteiger partial charge in [-0.05, 0) is 19.1 Å². The monoisotopic (exact) mass is 300 g/mol. The summed E-state index contributed by atoms with van der Waals surface area (Å²) in [5, 5.41) is 10.0. The molecule has 0 saturated heterocycles. The smallest absolute Gasteiger partial charge is 0.319 e. The third-order valence-corrected chi connectivity index (χ3v) is 3.69. The lowest BCUT2D eigenvalue weighted by Gasteiger charge is -2.15. The standard InChI is InChI=1S/C16H20N4O2/c1-12-2-4-14(5-3-12)19-16(21)17-7-8-20-15-6-9-22-11-13(15)10-18-20/h2-5,10H,6-9,11H2,1H3,(H2,17,19,21). The highest BCUT2D eigenvalue weighted by molar-refractivity contribution is 5.89. The molecule has 3 rings (SSSR count). The van der Waals surface area contributed by atoms with E-state index in [0.717, 1.165) is 24.3 Å². The number of fused-ring (bicyclic) bond motifs is 1. The van der Waals surface area contributed by atoms with E-state index in [2.05, 4.69) is 15.7 Å². The average Bonchev–Trinajstić information content (AvgIpc) is 2.93. The molecule has 2 heterocycles. The van der Waals surface area contributed by atoms with Crippen LogP contribution in [0.15, 0.2) is 30.5 Å². The number of ether oxygens (including phenoxy) is 1. The summed E-state index contributed by atoms with van der Waals surface area (Å²) >= 11 is 0. The zero-order valence-corrected chi connectivity index (χ0v) is 12.6. The van der Waals surface area contributed by atoms with Crippen molar-refractivity contribution in [2.75, 3.05) is 18.5 Å². The number of anilines is 1. The first kappa shape index (κ1) is 14.6. The number of aryl methyl sites for hydroxylation is 1. The fourth-order valence-electron chi connectivity index (χ4n) is 2.49. The van der Waals surface area contributed by atoms with Gasteiger partial charge in [0, 0.05) is 29.9 Å². The summed E-state index contributed by atoms with van der Waals surface area (Å²) in [5.74, 6) is 0. The molecule has 116 valence electrons. The van der Waals surface area contributed by atoms with Crippen molar-refractivity contribution in [2.24, 2.45) is 0 Å². The minimum atomic E-state index is -0.201. The van der Waals surface area contributed by atoms with E-state index in [9.17, 15) is 4.79 Å². The van der Waals surface area contributed by atoms with Gasteiger partial charge in [-0.25, -0.2) is 4.79 Å². The molecule has 2 N–H and O–H groups in total. The summed E-state index contributed by atoms with van der Waals surface area (Å²) in [7, 11) is 0. The molecule has 1 aliphatic heterocycles. The quantitative estimate of drug-likeness (QED) is 0.908. The van der Waals surface area contributed by atoms with Crippen molar-refractivity contribution in [1.82, 2.24) is 15.1 Å². The number of benzene rings is 1. The molecule has 0 bridgehead atoms. The Balaban J connectivity index is 1.47. The van der Waals surface area contributed by atoms with Crippen LogP contribution in [0, 0.1) is 6.92 Å². The van der Waals surface area contributed by atoms with Crippen LogP contribution in [0.4, 0.5) is 10.5 Å². The lowest BCUT2D eigenvalue weighted by molar-refractivity contribution is 0.109. The Morgan fingerprint density at radius 2 is 2.18 bits per heavy atom. The first-order chi connectivity index (χ1) is 10.7. The first-order valence-corrected chi connectivity index (χ1v) is 7.45. The van der Waals surface area contributed by atoms with Gasteiger partial charge in [-0.1, -0.05) is 17.7 Å². The lowest BCUT2D eigenvalue weighted by Crippen LogP contribution is -2.32. The third kappa shape index (κ3) is 3.46. The molecule has 1 aromatic carbocycles. The molecule has 2 amide bonds. The van der Waals surface area contributed by atoms with Crippen LogP contribution in [0.5, 0.6) is 0 Å². The van der Waals surface area contributed by atoms with Crippen molar-refractivity contribution >= 4 is 11.7 Å². The van der Waals surface area contributed by atoms with Crippen molar-refractivity contribution in [3.8, 4) is 0 Å². The van der Waals surface area contributed by atoms with Gasteiger partial charge >= 0.3 is 6.03 Å². The van der Waals surface area contributed by atoms with E-state index in [1.807, 2.05) is 42.1 Å². The van der Waals surface area contributed by atoms with Crippen molar-refractivity contribution in [3.05, 3.63) is 47.3 Å². The number of urea groups is 1. The zero-order chi connectivity index (χ0) is 15.4. The first-order valence-electron chi connectivity index (χ1n) is 7.45. The van der Waals surface area contributed by atoms with E-state index in [-0.39, 0.29) is 6.03 Å². The summed E-state index contributed by atoms with van der Waals surface area (Å²) in [6, 6.07) is 7.51. The SMILES string of the molecule is Cc1ccc(NC(=O)NCCn2ncc3c2CCOC3)cc1. The number of amides is 2. The molecule has 6 heteroatoms. The number of nitrogens with zero attached hydrogens (tertiary/aromatic N) is 2. The van der Waals surface area contributed by atoms with Gasteiger partial charge in [0.1, 0.15) is 0 Å². The lowest BCUT2D eigenvalue weighted by atomic mass is 10.2. The zero-order valence-electron chi connectivity index (χ0n) is 12.6. The molecule has 0 saturated carbocycles. The van der Waals surface area contributed by atoms with Gasteiger partial charge in [-0.15, -0.1) is 0 Å². The number of aromatic nitrogens is 2. The molecule has 0 unspecified atom stereocenters. The van der Waals surface area contributed by atoms with Gasteiger partial charge in [0.05, 0.1) is 26.0 Å². The second kappa shape index (κ2) is 6.62. The average molecular weight is 300 g/mol. The van der Waals surface area contributed by atoms with E-state index in [1.54, 1.807) is 0 Å². The topological polar surface area (TPSA) is 68.2 Å². The Hall–Kier alpha value is -2.34. The van der Waals surface area contributed by atoms with Gasteiger partial charge < -0.3 is 15.4 Å². The van der Waals surface area contributed by atoms with Gasteiger partial charge in [-0.3, -0.25) is 4.68 Å².